The van der Waals surface area contributed by atoms with Gasteiger partial charge in [-0.15, -0.1) is 11.6 Å². The molecule has 0 aromatic heterocycles. The van der Waals surface area contributed by atoms with E-state index in [2.05, 4.69) is 93.5 Å². The van der Waals surface area contributed by atoms with Crippen LogP contribution in [0.3, 0.4) is 0 Å². The Hall–Kier alpha value is -0.820. The first-order valence-electron chi connectivity index (χ1n) is 9.35. The van der Waals surface area contributed by atoms with Crippen LogP contribution in [-0.2, 0) is 25.8 Å². The van der Waals surface area contributed by atoms with Crippen molar-refractivity contribution in [3.05, 3.63) is 68.3 Å². The number of benzene rings is 1. The van der Waals surface area contributed by atoms with Crippen LogP contribution in [0.1, 0.15) is 76.8 Å². The van der Waals surface area contributed by atoms with E-state index in [1.54, 1.807) is 0 Å². The van der Waals surface area contributed by atoms with Crippen LogP contribution in [0, 0.1) is 60.0 Å². The van der Waals surface area contributed by atoms with Crippen molar-refractivity contribution in [1.82, 2.24) is 0 Å². The monoisotopic (exact) mass is 514 g/mol. The van der Waals surface area contributed by atoms with E-state index in [4.69, 9.17) is 0 Å². The first kappa shape index (κ1) is 23.2. The molecule has 2 aromatic rings. The van der Waals surface area contributed by atoms with E-state index >= 15 is 0 Å². The Labute approximate surface area is 180 Å². The van der Waals surface area contributed by atoms with Crippen molar-refractivity contribution in [1.29, 1.82) is 0 Å². The van der Waals surface area contributed by atoms with Crippen LogP contribution in [0.25, 0.3) is 6.08 Å². The molecule has 1 unspecified atom stereocenters. The Kier molecular flexibility index (Phi) is 7.56. The van der Waals surface area contributed by atoms with Crippen molar-refractivity contribution >= 4 is 6.08 Å². The van der Waals surface area contributed by atoms with Gasteiger partial charge in [0.15, 0.2) is 0 Å². The summed E-state index contributed by atoms with van der Waals surface area (Å²) in [5.41, 5.74) is 13.2. The van der Waals surface area contributed by atoms with Crippen molar-refractivity contribution in [2.75, 3.05) is 0 Å². The van der Waals surface area contributed by atoms with Gasteiger partial charge in [-0.2, -0.15) is 33.4 Å². The fourth-order valence-corrected chi connectivity index (χ4v) is 3.62. The SMILES string of the molecule is Cc1c(C)c(C)[c-](C)c1C.Cc1cc2c(cc1C)C(C(C)(C)C)[C-]=C2.[Hf]. The molecule has 0 radical (unpaired) electrons. The van der Waals surface area contributed by atoms with E-state index in [9.17, 15) is 0 Å². The van der Waals surface area contributed by atoms with E-state index in [1.807, 2.05) is 0 Å². The van der Waals surface area contributed by atoms with Crippen molar-refractivity contribution < 1.29 is 25.8 Å². The summed E-state index contributed by atoms with van der Waals surface area (Å²) in [6, 6.07) is 4.61. The van der Waals surface area contributed by atoms with E-state index in [-0.39, 0.29) is 31.3 Å². The molecule has 0 heterocycles. The second kappa shape index (κ2) is 8.46. The molecule has 0 amide bonds. The first-order chi connectivity index (χ1) is 11.4. The molecule has 0 aliphatic heterocycles. The minimum absolute atomic E-state index is 0. The number of rotatable bonds is 0. The van der Waals surface area contributed by atoms with Gasteiger partial charge < -0.3 is 0 Å². The molecule has 0 spiro atoms. The number of aryl methyl sites for hydroxylation is 2. The van der Waals surface area contributed by atoms with Crippen LogP contribution >= 0.6 is 0 Å². The quantitative estimate of drug-likeness (QED) is 0.258. The maximum Gasteiger partial charge on any atom is 0 e. The molecule has 1 heteroatoms. The van der Waals surface area contributed by atoms with Crippen molar-refractivity contribution in [3.8, 4) is 0 Å². The zero-order valence-corrected chi connectivity index (χ0v) is 21.9. The Bertz CT molecular complexity index is 730. The zero-order valence-electron chi connectivity index (χ0n) is 18.3. The van der Waals surface area contributed by atoms with Crippen LogP contribution in [-0.4, -0.2) is 0 Å². The third-order valence-electron chi connectivity index (χ3n) is 6.09. The fourth-order valence-electron chi connectivity index (χ4n) is 3.62. The summed E-state index contributed by atoms with van der Waals surface area (Å²) in [6.07, 6.45) is 5.64. The second-order valence-electron chi connectivity index (χ2n) is 8.80. The van der Waals surface area contributed by atoms with Gasteiger partial charge in [-0.1, -0.05) is 78.5 Å². The van der Waals surface area contributed by atoms with Crippen molar-refractivity contribution in [3.63, 3.8) is 0 Å². The first-order valence-corrected chi connectivity index (χ1v) is 9.35. The molecule has 0 bridgehead atoms. The van der Waals surface area contributed by atoms with Crippen LogP contribution < -0.4 is 0 Å². The molecular formula is C25H34Hf-2. The van der Waals surface area contributed by atoms with Gasteiger partial charge in [0.05, 0.1) is 0 Å². The van der Waals surface area contributed by atoms with Gasteiger partial charge in [-0.05, 0) is 19.3 Å². The standard InChI is InChI=1S/C15H19.C10H15.Hf/c1-10-8-12-6-7-14(15(3,4)5)13(12)9-11(10)2;1-6-7(2)9(4)10(5)8(6)3;/h6,8-9,14H,1-5H3;1-5H3;/q2*-1;. The summed E-state index contributed by atoms with van der Waals surface area (Å²) < 4.78 is 0. The number of hydrogen-bond donors (Lipinski definition) is 0. The number of hydrogen-bond acceptors (Lipinski definition) is 0. The van der Waals surface area contributed by atoms with Crippen molar-refractivity contribution in [2.45, 2.75) is 75.2 Å². The second-order valence-corrected chi connectivity index (χ2v) is 8.80. The van der Waals surface area contributed by atoms with Gasteiger partial charge >= 0.3 is 0 Å². The fraction of sp³-hybridized carbons (Fsp3) is 0.480. The van der Waals surface area contributed by atoms with Gasteiger partial charge in [0, 0.05) is 25.8 Å². The average Bonchev–Trinajstić information content (AvgIpc) is 3.00. The Morgan fingerprint density at radius 2 is 1.31 bits per heavy atom. The Morgan fingerprint density at radius 3 is 1.69 bits per heavy atom. The topological polar surface area (TPSA) is 0 Å². The molecule has 26 heavy (non-hydrogen) atoms. The zero-order chi connectivity index (χ0) is 19.1. The largest absolute Gasteiger partial charge is 0.268 e. The smallest absolute Gasteiger partial charge is 0 e. The average molecular weight is 513 g/mol. The van der Waals surface area contributed by atoms with Gasteiger partial charge in [0.25, 0.3) is 0 Å². The summed E-state index contributed by atoms with van der Waals surface area (Å²) in [4.78, 5) is 0. The molecular weight excluding hydrogens is 479 g/mol. The van der Waals surface area contributed by atoms with E-state index in [0.717, 1.165) is 0 Å². The maximum absolute atomic E-state index is 3.49. The third kappa shape index (κ3) is 4.53. The molecule has 2 aromatic carbocycles. The summed E-state index contributed by atoms with van der Waals surface area (Å²) >= 11 is 0. The Morgan fingerprint density at radius 1 is 0.846 bits per heavy atom. The maximum atomic E-state index is 3.49. The molecule has 1 aliphatic carbocycles. The van der Waals surface area contributed by atoms with Gasteiger partial charge in [-0.25, -0.2) is 6.08 Å². The van der Waals surface area contributed by atoms with Crippen LogP contribution in [0.2, 0.25) is 0 Å². The molecule has 0 N–H and O–H groups in total. The van der Waals surface area contributed by atoms with Crippen LogP contribution in [0.15, 0.2) is 12.1 Å². The number of fused-ring (bicyclic) bond motifs is 1. The van der Waals surface area contributed by atoms with Crippen LogP contribution in [0.4, 0.5) is 0 Å². The minimum Gasteiger partial charge on any atom is -0.268 e. The third-order valence-corrected chi connectivity index (χ3v) is 6.09. The predicted molar refractivity (Wildman–Crippen MR) is 112 cm³/mol. The molecule has 3 rings (SSSR count). The predicted octanol–water partition coefficient (Wildman–Crippen LogP) is 7.21. The van der Waals surface area contributed by atoms with Gasteiger partial charge in [0.1, 0.15) is 0 Å². The van der Waals surface area contributed by atoms with E-state index < -0.39 is 0 Å². The molecule has 0 saturated carbocycles. The molecule has 1 aliphatic rings. The normalized spacial score (nSPS) is 15.2. The number of allylic oxidation sites excluding steroid dienone is 1. The summed E-state index contributed by atoms with van der Waals surface area (Å²) in [5.74, 6) is 0.451. The molecule has 140 valence electrons. The van der Waals surface area contributed by atoms with Crippen LogP contribution in [0.5, 0.6) is 0 Å². The Balaban J connectivity index is 0.000000270. The summed E-state index contributed by atoms with van der Waals surface area (Å²) in [7, 11) is 0. The van der Waals surface area contributed by atoms with Gasteiger partial charge in [0.2, 0.25) is 0 Å². The molecule has 0 fully saturated rings. The minimum atomic E-state index is 0. The molecule has 0 nitrogen and oxygen atoms in total. The van der Waals surface area contributed by atoms with Gasteiger partial charge in [-0.3, -0.25) is 6.08 Å². The van der Waals surface area contributed by atoms with E-state index in [0.29, 0.717) is 5.92 Å². The summed E-state index contributed by atoms with van der Waals surface area (Å²) in [5, 5.41) is 0. The summed E-state index contributed by atoms with van der Waals surface area (Å²) in [6.45, 7) is 22.2. The van der Waals surface area contributed by atoms with E-state index in [1.165, 1.54) is 50.1 Å². The molecule has 1 atom stereocenters. The molecule has 0 saturated heterocycles. The van der Waals surface area contributed by atoms with Crippen molar-refractivity contribution in [2.24, 2.45) is 5.41 Å².